The van der Waals surface area contributed by atoms with Crippen LogP contribution in [0.2, 0.25) is 0 Å². The Bertz CT molecular complexity index is 1160. The van der Waals surface area contributed by atoms with E-state index < -0.39 is 23.8 Å². The summed E-state index contributed by atoms with van der Waals surface area (Å²) in [5.74, 6) is -2.33. The molecule has 37 heavy (non-hydrogen) atoms. The highest BCUT2D eigenvalue weighted by atomic mass is 16.4. The van der Waals surface area contributed by atoms with Crippen molar-refractivity contribution in [1.29, 1.82) is 0 Å². The van der Waals surface area contributed by atoms with Crippen LogP contribution in [0.1, 0.15) is 44.0 Å². The molecule has 2 amide bonds. The molecule has 0 saturated carbocycles. The molecule has 2 N–H and O–H groups in total. The first-order chi connectivity index (χ1) is 17.7. The number of likely N-dealkylation sites (N-methyl/N-ethyl adjacent to an activating group) is 1. The number of hydrogen-bond acceptors (Lipinski definition) is 4. The third-order valence-electron chi connectivity index (χ3n) is 6.24. The Labute approximate surface area is 218 Å². The Morgan fingerprint density at radius 1 is 0.919 bits per heavy atom. The van der Waals surface area contributed by atoms with Crippen LogP contribution >= 0.6 is 0 Å². The molecule has 1 aromatic heterocycles. The number of aromatic nitrogens is 1. The fourth-order valence-corrected chi connectivity index (χ4v) is 4.27. The van der Waals surface area contributed by atoms with Gasteiger partial charge in [0.1, 0.15) is 6.04 Å². The van der Waals surface area contributed by atoms with Gasteiger partial charge in [-0.2, -0.15) is 0 Å². The van der Waals surface area contributed by atoms with Crippen molar-refractivity contribution < 1.29 is 19.5 Å². The van der Waals surface area contributed by atoms with Crippen molar-refractivity contribution in [1.82, 2.24) is 15.2 Å². The number of pyridine rings is 1. The number of benzene rings is 2. The van der Waals surface area contributed by atoms with E-state index in [4.69, 9.17) is 0 Å². The van der Waals surface area contributed by atoms with Gasteiger partial charge in [0.2, 0.25) is 11.8 Å². The molecular weight excluding hydrogens is 466 g/mol. The van der Waals surface area contributed by atoms with E-state index in [0.717, 1.165) is 16.8 Å². The summed E-state index contributed by atoms with van der Waals surface area (Å²) < 4.78 is 0. The Kier molecular flexibility index (Phi) is 9.95. The van der Waals surface area contributed by atoms with E-state index in [1.807, 2.05) is 86.6 Å². The molecule has 194 valence electrons. The Morgan fingerprint density at radius 3 is 2.16 bits per heavy atom. The van der Waals surface area contributed by atoms with Crippen molar-refractivity contribution >= 4 is 17.8 Å². The van der Waals surface area contributed by atoms with Crippen LogP contribution in [0.4, 0.5) is 0 Å². The zero-order chi connectivity index (χ0) is 26.8. The fraction of sp³-hybridized carbons (Fsp3) is 0.333. The summed E-state index contributed by atoms with van der Waals surface area (Å²) in [6.07, 6.45) is 2.42. The molecule has 0 bridgehead atoms. The number of carboxylic acid groups (broad SMARTS) is 1. The summed E-state index contributed by atoms with van der Waals surface area (Å²) >= 11 is 0. The minimum atomic E-state index is -1.04. The van der Waals surface area contributed by atoms with Gasteiger partial charge in [0.05, 0.1) is 6.42 Å². The summed E-state index contributed by atoms with van der Waals surface area (Å²) in [5, 5.41) is 12.2. The lowest BCUT2D eigenvalue weighted by molar-refractivity contribution is -0.142. The van der Waals surface area contributed by atoms with Crippen molar-refractivity contribution in [2.75, 3.05) is 13.6 Å². The molecule has 7 nitrogen and oxygen atoms in total. The number of carbonyl (C=O) groups is 3. The van der Waals surface area contributed by atoms with E-state index in [1.54, 1.807) is 18.1 Å². The molecule has 1 unspecified atom stereocenters. The second kappa shape index (κ2) is 13.3. The largest absolute Gasteiger partial charge is 0.481 e. The minimum absolute atomic E-state index is 0.135. The molecule has 0 saturated heterocycles. The van der Waals surface area contributed by atoms with Gasteiger partial charge in [-0.1, -0.05) is 74.5 Å². The zero-order valence-electron chi connectivity index (χ0n) is 21.6. The summed E-state index contributed by atoms with van der Waals surface area (Å²) in [4.78, 5) is 44.2. The highest BCUT2D eigenvalue weighted by molar-refractivity contribution is 5.90. The summed E-state index contributed by atoms with van der Waals surface area (Å²) in [6.45, 7) is 4.31. The van der Waals surface area contributed by atoms with Gasteiger partial charge in [0.15, 0.2) is 0 Å². The predicted molar refractivity (Wildman–Crippen MR) is 144 cm³/mol. The van der Waals surface area contributed by atoms with Gasteiger partial charge >= 0.3 is 5.97 Å². The van der Waals surface area contributed by atoms with Gasteiger partial charge in [0, 0.05) is 37.8 Å². The highest BCUT2D eigenvalue weighted by Gasteiger charge is 2.30. The van der Waals surface area contributed by atoms with Crippen LogP contribution in [0.15, 0.2) is 79.0 Å². The molecule has 3 rings (SSSR count). The van der Waals surface area contributed by atoms with Gasteiger partial charge in [-0.25, -0.2) is 0 Å². The normalized spacial score (nSPS) is 12.5. The summed E-state index contributed by atoms with van der Waals surface area (Å²) in [5.41, 5.74) is 3.55. The maximum absolute atomic E-state index is 13.6. The maximum atomic E-state index is 13.6. The second-order valence-corrected chi connectivity index (χ2v) is 9.68. The highest BCUT2D eigenvalue weighted by Crippen LogP contribution is 2.24. The lowest BCUT2D eigenvalue weighted by Crippen LogP contribution is -2.44. The van der Waals surface area contributed by atoms with E-state index in [2.05, 4.69) is 10.3 Å². The van der Waals surface area contributed by atoms with Crippen LogP contribution < -0.4 is 5.32 Å². The Morgan fingerprint density at radius 2 is 1.57 bits per heavy atom. The molecule has 2 aromatic carbocycles. The summed E-state index contributed by atoms with van der Waals surface area (Å²) in [6, 6.07) is 22.1. The lowest BCUT2D eigenvalue weighted by atomic mass is 9.92. The van der Waals surface area contributed by atoms with Crippen molar-refractivity contribution in [3.63, 3.8) is 0 Å². The molecule has 0 radical (unpaired) electrons. The molecule has 0 spiro atoms. The van der Waals surface area contributed by atoms with E-state index >= 15 is 0 Å². The number of rotatable bonds is 12. The molecular formula is C30H35N3O4. The summed E-state index contributed by atoms with van der Waals surface area (Å²) in [7, 11) is 1.70. The standard InChI is InChI=1S/C30H35N3O4/c1-21(2)19-25(20-27(34)35)29(36)32-28(30(37)33(3)18-16-26-11-7-8-17-31-26)24-14-12-23(13-15-24)22-9-5-4-6-10-22/h4-15,17,21,25,28H,16,18-20H2,1-3H3,(H,32,36)(H,34,35)/t25-,28?/m1/s1. The van der Waals surface area contributed by atoms with E-state index in [1.165, 1.54) is 0 Å². The minimum Gasteiger partial charge on any atom is -0.481 e. The number of amides is 2. The molecule has 0 aliphatic rings. The van der Waals surface area contributed by atoms with E-state index in [-0.39, 0.29) is 18.2 Å². The van der Waals surface area contributed by atoms with Crippen LogP contribution in [0.3, 0.4) is 0 Å². The van der Waals surface area contributed by atoms with Gasteiger partial charge in [0.25, 0.3) is 0 Å². The average molecular weight is 502 g/mol. The quantitative estimate of drug-likeness (QED) is 0.373. The van der Waals surface area contributed by atoms with Gasteiger partial charge in [-0.05, 0) is 41.2 Å². The second-order valence-electron chi connectivity index (χ2n) is 9.68. The fourth-order valence-electron chi connectivity index (χ4n) is 4.27. The molecule has 0 fully saturated rings. The Balaban J connectivity index is 1.84. The van der Waals surface area contributed by atoms with E-state index in [9.17, 15) is 19.5 Å². The number of aliphatic carboxylic acids is 1. The number of hydrogen-bond donors (Lipinski definition) is 2. The van der Waals surface area contributed by atoms with Gasteiger partial charge in [-0.15, -0.1) is 0 Å². The maximum Gasteiger partial charge on any atom is 0.304 e. The Hall–Kier alpha value is -4.00. The van der Waals surface area contributed by atoms with Crippen LogP contribution in [0.25, 0.3) is 11.1 Å². The number of carbonyl (C=O) groups excluding carboxylic acids is 2. The van der Waals surface area contributed by atoms with Crippen molar-refractivity contribution in [3.8, 4) is 11.1 Å². The van der Waals surface area contributed by atoms with Crippen LogP contribution in [0.5, 0.6) is 0 Å². The van der Waals surface area contributed by atoms with Crippen LogP contribution in [-0.4, -0.2) is 46.4 Å². The lowest BCUT2D eigenvalue weighted by Gasteiger charge is -2.27. The van der Waals surface area contributed by atoms with Gasteiger partial charge in [-0.3, -0.25) is 19.4 Å². The molecule has 1 heterocycles. The topological polar surface area (TPSA) is 99.6 Å². The molecule has 0 aliphatic heterocycles. The van der Waals surface area contributed by atoms with Crippen molar-refractivity contribution in [3.05, 3.63) is 90.3 Å². The molecule has 0 aliphatic carbocycles. The van der Waals surface area contributed by atoms with Crippen molar-refractivity contribution in [2.45, 2.75) is 39.2 Å². The van der Waals surface area contributed by atoms with Crippen molar-refractivity contribution in [2.24, 2.45) is 11.8 Å². The third kappa shape index (κ3) is 8.27. The number of nitrogens with one attached hydrogen (secondary N) is 1. The number of carboxylic acids is 1. The third-order valence-corrected chi connectivity index (χ3v) is 6.24. The SMILES string of the molecule is CC(C)C[C@H](CC(=O)O)C(=O)NC(C(=O)N(C)CCc1ccccn1)c1ccc(-c2ccccc2)cc1. The molecule has 3 aromatic rings. The molecule has 7 heteroatoms. The smallest absolute Gasteiger partial charge is 0.304 e. The predicted octanol–water partition coefficient (Wildman–Crippen LogP) is 4.74. The van der Waals surface area contributed by atoms with Crippen LogP contribution in [-0.2, 0) is 20.8 Å². The molecule has 2 atom stereocenters. The first kappa shape index (κ1) is 27.6. The van der Waals surface area contributed by atoms with Crippen LogP contribution in [0, 0.1) is 11.8 Å². The van der Waals surface area contributed by atoms with E-state index in [0.29, 0.717) is 24.9 Å². The number of nitrogens with zero attached hydrogens (tertiary/aromatic N) is 2. The monoisotopic (exact) mass is 501 g/mol. The first-order valence-corrected chi connectivity index (χ1v) is 12.6. The zero-order valence-corrected chi connectivity index (χ0v) is 21.6. The average Bonchev–Trinajstić information content (AvgIpc) is 2.90. The van der Waals surface area contributed by atoms with Gasteiger partial charge < -0.3 is 15.3 Å². The first-order valence-electron chi connectivity index (χ1n) is 12.6.